The van der Waals surface area contributed by atoms with E-state index in [1.165, 1.54) is 12.1 Å². The van der Waals surface area contributed by atoms with E-state index in [0.717, 1.165) is 25.7 Å². The van der Waals surface area contributed by atoms with Gasteiger partial charge in [-0.2, -0.15) is 0 Å². The third kappa shape index (κ3) is 3.05. The van der Waals surface area contributed by atoms with Gasteiger partial charge in [0, 0.05) is 6.07 Å². The van der Waals surface area contributed by atoms with Crippen LogP contribution in [0.4, 0.5) is 4.39 Å². The van der Waals surface area contributed by atoms with Crippen molar-refractivity contribution in [2.75, 3.05) is 0 Å². The molecule has 1 aromatic rings. The minimum Gasteiger partial charge on any atom is -0.508 e. The molecule has 1 nitrogen and oxygen atoms in total. The quantitative estimate of drug-likeness (QED) is 0.708. The van der Waals surface area contributed by atoms with E-state index >= 15 is 0 Å². The van der Waals surface area contributed by atoms with Crippen molar-refractivity contribution < 1.29 is 9.50 Å². The van der Waals surface area contributed by atoms with Crippen molar-refractivity contribution in [2.45, 2.75) is 32.6 Å². The Hall–Kier alpha value is -1.05. The number of unbranched alkanes of at least 4 members (excludes halogenated alkanes) is 2. The van der Waals surface area contributed by atoms with Crippen LogP contribution in [0.1, 0.15) is 31.7 Å². The molecular formula is C11H15FO. The van der Waals surface area contributed by atoms with Gasteiger partial charge in [0.2, 0.25) is 0 Å². The number of phenolic OH excluding ortho intramolecular Hbond substituents is 1. The summed E-state index contributed by atoms with van der Waals surface area (Å²) in [5.41, 5.74) is 0.700. The molecule has 0 atom stereocenters. The van der Waals surface area contributed by atoms with Crippen LogP contribution in [-0.4, -0.2) is 5.11 Å². The van der Waals surface area contributed by atoms with Gasteiger partial charge in [-0.25, -0.2) is 4.39 Å². The zero-order valence-corrected chi connectivity index (χ0v) is 7.89. The molecule has 0 heterocycles. The minimum atomic E-state index is -0.295. The number of aryl methyl sites for hydroxylation is 1. The average Bonchev–Trinajstić information content (AvgIpc) is 2.09. The topological polar surface area (TPSA) is 20.2 Å². The fourth-order valence-corrected chi connectivity index (χ4v) is 1.30. The van der Waals surface area contributed by atoms with Crippen LogP contribution in [0.25, 0.3) is 0 Å². The lowest BCUT2D eigenvalue weighted by molar-refractivity contribution is 0.467. The first-order valence-electron chi connectivity index (χ1n) is 4.71. The highest BCUT2D eigenvalue weighted by molar-refractivity contribution is 5.27. The maximum atomic E-state index is 13.1. The van der Waals surface area contributed by atoms with E-state index in [-0.39, 0.29) is 11.6 Å². The maximum absolute atomic E-state index is 13.1. The molecule has 0 amide bonds. The number of aromatic hydroxyl groups is 1. The largest absolute Gasteiger partial charge is 0.508 e. The van der Waals surface area contributed by atoms with Gasteiger partial charge in [0.05, 0.1) is 0 Å². The van der Waals surface area contributed by atoms with Crippen molar-refractivity contribution in [3.05, 3.63) is 29.6 Å². The molecule has 13 heavy (non-hydrogen) atoms. The maximum Gasteiger partial charge on any atom is 0.130 e. The van der Waals surface area contributed by atoms with Gasteiger partial charge in [-0.3, -0.25) is 0 Å². The summed E-state index contributed by atoms with van der Waals surface area (Å²) in [5.74, 6) is -0.298. The summed E-state index contributed by atoms with van der Waals surface area (Å²) >= 11 is 0. The molecule has 0 aliphatic carbocycles. The Morgan fingerprint density at radius 2 is 2.08 bits per heavy atom. The molecule has 0 aliphatic heterocycles. The predicted molar refractivity (Wildman–Crippen MR) is 51.3 cm³/mol. The Morgan fingerprint density at radius 3 is 2.69 bits per heavy atom. The van der Waals surface area contributed by atoms with Gasteiger partial charge < -0.3 is 5.11 Å². The summed E-state index contributed by atoms with van der Waals surface area (Å²) < 4.78 is 13.1. The van der Waals surface area contributed by atoms with Crippen molar-refractivity contribution in [2.24, 2.45) is 0 Å². The molecular weight excluding hydrogens is 167 g/mol. The van der Waals surface area contributed by atoms with Gasteiger partial charge in [-0.1, -0.05) is 25.8 Å². The molecule has 1 rings (SSSR count). The summed E-state index contributed by atoms with van der Waals surface area (Å²) in [7, 11) is 0. The first-order valence-corrected chi connectivity index (χ1v) is 4.71. The van der Waals surface area contributed by atoms with Crippen molar-refractivity contribution in [3.8, 4) is 5.75 Å². The van der Waals surface area contributed by atoms with Crippen LogP contribution in [-0.2, 0) is 6.42 Å². The molecule has 0 spiro atoms. The molecule has 0 saturated heterocycles. The highest BCUT2D eigenvalue weighted by Crippen LogP contribution is 2.16. The number of hydrogen-bond donors (Lipinski definition) is 1. The number of hydrogen-bond acceptors (Lipinski definition) is 1. The van der Waals surface area contributed by atoms with Crippen molar-refractivity contribution >= 4 is 0 Å². The molecule has 2 heteroatoms. The van der Waals surface area contributed by atoms with Crippen LogP contribution in [0.5, 0.6) is 5.75 Å². The van der Waals surface area contributed by atoms with E-state index in [0.29, 0.717) is 5.56 Å². The summed E-state index contributed by atoms with van der Waals surface area (Å²) in [6.07, 6.45) is 4.04. The smallest absolute Gasteiger partial charge is 0.130 e. The Bertz CT molecular complexity index is 271. The monoisotopic (exact) mass is 182 g/mol. The summed E-state index contributed by atoms with van der Waals surface area (Å²) in [6.45, 7) is 2.12. The highest BCUT2D eigenvalue weighted by atomic mass is 19.1. The first-order chi connectivity index (χ1) is 6.24. The fraction of sp³-hybridized carbons (Fsp3) is 0.455. The summed E-state index contributed by atoms with van der Waals surface area (Å²) in [5, 5.41) is 8.97. The lowest BCUT2D eigenvalue weighted by atomic mass is 10.1. The van der Waals surface area contributed by atoms with Gasteiger partial charge in [0.15, 0.2) is 0 Å². The second-order valence-corrected chi connectivity index (χ2v) is 3.23. The molecule has 0 saturated carbocycles. The van der Waals surface area contributed by atoms with Gasteiger partial charge in [-0.15, -0.1) is 0 Å². The van der Waals surface area contributed by atoms with E-state index < -0.39 is 0 Å². The Morgan fingerprint density at radius 1 is 1.31 bits per heavy atom. The van der Waals surface area contributed by atoms with E-state index in [4.69, 9.17) is 5.11 Å². The molecule has 0 aromatic heterocycles. The van der Waals surface area contributed by atoms with Crippen LogP contribution < -0.4 is 0 Å². The molecule has 0 unspecified atom stereocenters. The number of benzene rings is 1. The number of rotatable bonds is 4. The van der Waals surface area contributed by atoms with Gasteiger partial charge in [-0.05, 0) is 24.5 Å². The van der Waals surface area contributed by atoms with Gasteiger partial charge >= 0.3 is 0 Å². The number of halogens is 1. The lowest BCUT2D eigenvalue weighted by Crippen LogP contribution is -1.90. The van der Waals surface area contributed by atoms with Crippen LogP contribution in [0.3, 0.4) is 0 Å². The molecule has 1 aromatic carbocycles. The van der Waals surface area contributed by atoms with Crippen LogP contribution in [0.2, 0.25) is 0 Å². The SMILES string of the molecule is CCCCCc1ccc(O)cc1F. The van der Waals surface area contributed by atoms with Crippen molar-refractivity contribution in [1.82, 2.24) is 0 Å². The zero-order valence-electron chi connectivity index (χ0n) is 7.89. The normalized spacial score (nSPS) is 10.3. The molecule has 0 aliphatic rings. The van der Waals surface area contributed by atoms with E-state index in [9.17, 15) is 4.39 Å². The van der Waals surface area contributed by atoms with Gasteiger partial charge in [0.25, 0.3) is 0 Å². The van der Waals surface area contributed by atoms with Crippen LogP contribution in [0.15, 0.2) is 18.2 Å². The molecule has 0 bridgehead atoms. The third-order valence-corrected chi connectivity index (χ3v) is 2.09. The van der Waals surface area contributed by atoms with Crippen molar-refractivity contribution in [3.63, 3.8) is 0 Å². The van der Waals surface area contributed by atoms with E-state index in [1.807, 2.05) is 0 Å². The second-order valence-electron chi connectivity index (χ2n) is 3.23. The van der Waals surface area contributed by atoms with Crippen LogP contribution in [0, 0.1) is 5.82 Å². The average molecular weight is 182 g/mol. The zero-order chi connectivity index (χ0) is 9.68. The minimum absolute atomic E-state index is 0.00302. The predicted octanol–water partition coefficient (Wildman–Crippen LogP) is 3.26. The molecule has 0 fully saturated rings. The first kappa shape index (κ1) is 10.0. The van der Waals surface area contributed by atoms with E-state index in [2.05, 4.69) is 6.92 Å². The number of phenols is 1. The molecule has 0 radical (unpaired) electrons. The molecule has 1 N–H and O–H groups in total. The summed E-state index contributed by atoms with van der Waals surface area (Å²) in [4.78, 5) is 0. The second kappa shape index (κ2) is 4.85. The van der Waals surface area contributed by atoms with Crippen molar-refractivity contribution in [1.29, 1.82) is 0 Å². The third-order valence-electron chi connectivity index (χ3n) is 2.09. The molecule has 72 valence electrons. The Labute approximate surface area is 78.2 Å². The highest BCUT2D eigenvalue weighted by Gasteiger charge is 2.01. The van der Waals surface area contributed by atoms with Crippen LogP contribution >= 0.6 is 0 Å². The van der Waals surface area contributed by atoms with E-state index in [1.54, 1.807) is 6.07 Å². The summed E-state index contributed by atoms with van der Waals surface area (Å²) in [6, 6.07) is 4.35. The lowest BCUT2D eigenvalue weighted by Gasteiger charge is -2.02. The Balaban J connectivity index is 2.56. The Kier molecular flexibility index (Phi) is 3.74. The van der Waals surface area contributed by atoms with Gasteiger partial charge in [0.1, 0.15) is 11.6 Å². The standard InChI is InChI=1S/C11H15FO/c1-2-3-4-5-9-6-7-10(13)8-11(9)12/h6-8,13H,2-5H2,1H3. The fourth-order valence-electron chi connectivity index (χ4n) is 1.30.